The van der Waals surface area contributed by atoms with Crippen molar-refractivity contribution in [1.82, 2.24) is 9.73 Å². The number of sulfonamides is 1. The van der Waals surface area contributed by atoms with Crippen LogP contribution in [0.1, 0.15) is 42.6 Å². The molecule has 0 saturated carbocycles. The van der Waals surface area contributed by atoms with E-state index in [1.54, 1.807) is 31.2 Å². The molecule has 0 spiro atoms. The molecule has 0 radical (unpaired) electrons. The monoisotopic (exact) mass is 553 g/mol. The predicted octanol–water partition coefficient (Wildman–Crippen LogP) is 4.19. The zero-order chi connectivity index (χ0) is 27.9. The number of fused-ring (bicyclic) bond motifs is 1. The van der Waals surface area contributed by atoms with E-state index in [1.807, 2.05) is 11.2 Å². The average molecular weight is 554 g/mol. The summed E-state index contributed by atoms with van der Waals surface area (Å²) in [6.07, 6.45) is 4.74. The van der Waals surface area contributed by atoms with Crippen LogP contribution in [0.3, 0.4) is 0 Å². The van der Waals surface area contributed by atoms with Crippen molar-refractivity contribution in [3.05, 3.63) is 100 Å². The predicted molar refractivity (Wildman–Crippen MR) is 146 cm³/mol. The number of aromatic carboxylic acids is 1. The zero-order valence-corrected chi connectivity index (χ0v) is 22.7. The number of anilines is 1. The first-order chi connectivity index (χ1) is 18.5. The third-order valence-electron chi connectivity index (χ3n) is 7.66. The highest BCUT2D eigenvalue weighted by Gasteiger charge is 2.40. The molecule has 1 aliphatic heterocycles. The molecule has 0 saturated heterocycles. The summed E-state index contributed by atoms with van der Waals surface area (Å²) in [5, 5.41) is 21.6. The highest BCUT2D eigenvalue weighted by atomic mass is 32.2. The second-order valence-corrected chi connectivity index (χ2v) is 12.4. The average Bonchev–Trinajstić information content (AvgIpc) is 3.49. The first kappa shape index (κ1) is 27.1. The third-order valence-corrected chi connectivity index (χ3v) is 9.42. The summed E-state index contributed by atoms with van der Waals surface area (Å²) in [7, 11) is -3.93. The topological polar surface area (TPSA) is 110 Å². The lowest BCUT2D eigenvalue weighted by atomic mass is 9.80. The molecule has 8 nitrogen and oxygen atoms in total. The summed E-state index contributed by atoms with van der Waals surface area (Å²) in [6, 6.07) is 12.4. The lowest BCUT2D eigenvalue weighted by Crippen LogP contribution is -2.41. The van der Waals surface area contributed by atoms with Gasteiger partial charge in [-0.05, 0) is 73.2 Å². The molecule has 2 aromatic rings. The van der Waals surface area contributed by atoms with Crippen molar-refractivity contribution in [2.45, 2.75) is 38.5 Å². The van der Waals surface area contributed by atoms with Crippen LogP contribution < -0.4 is 10.4 Å². The number of aliphatic hydroxyl groups is 1. The molecule has 206 valence electrons. The minimum atomic E-state index is -3.93. The fraction of sp³-hybridized carbons (Fsp3) is 0.345. The van der Waals surface area contributed by atoms with Gasteiger partial charge in [0.25, 0.3) is 0 Å². The summed E-state index contributed by atoms with van der Waals surface area (Å²) in [4.78, 5) is 11.7. The number of carbonyl (C=O) groups is 1. The van der Waals surface area contributed by atoms with Crippen LogP contribution in [0.2, 0.25) is 0 Å². The number of rotatable bonds is 9. The van der Waals surface area contributed by atoms with Crippen molar-refractivity contribution < 1.29 is 27.8 Å². The SMILES string of the molecule is C[C@H]1C2=CNN(c3ccc(F)cc3)C2=CC2=C1[C@@H](CN(C[C@@H](C)O)S(=O)(=O)Cc1ccccc1C(=O)O)CC2. The van der Waals surface area contributed by atoms with Gasteiger partial charge in [0.2, 0.25) is 10.0 Å². The lowest BCUT2D eigenvalue weighted by molar-refractivity contribution is 0.0696. The highest BCUT2D eigenvalue weighted by molar-refractivity contribution is 7.88. The van der Waals surface area contributed by atoms with Crippen molar-refractivity contribution >= 4 is 21.7 Å². The molecule has 0 bridgehead atoms. The van der Waals surface area contributed by atoms with E-state index < -0.39 is 27.8 Å². The van der Waals surface area contributed by atoms with Gasteiger partial charge >= 0.3 is 5.97 Å². The van der Waals surface area contributed by atoms with Gasteiger partial charge in [-0.25, -0.2) is 17.6 Å². The van der Waals surface area contributed by atoms with Gasteiger partial charge in [0.1, 0.15) is 5.82 Å². The molecule has 3 N–H and O–H groups in total. The van der Waals surface area contributed by atoms with Crippen LogP contribution in [0.15, 0.2) is 83.2 Å². The third kappa shape index (κ3) is 5.36. The quantitative estimate of drug-likeness (QED) is 0.427. The molecule has 0 unspecified atom stereocenters. The molecule has 5 rings (SSSR count). The molecular formula is C29H32FN3O5S. The lowest BCUT2D eigenvalue weighted by Gasteiger charge is -2.32. The van der Waals surface area contributed by atoms with E-state index in [4.69, 9.17) is 0 Å². The van der Waals surface area contributed by atoms with Gasteiger partial charge in [-0.15, -0.1) is 0 Å². The second kappa shape index (κ2) is 10.6. The molecule has 1 heterocycles. The van der Waals surface area contributed by atoms with Crippen LogP contribution in [0.25, 0.3) is 0 Å². The Balaban J connectivity index is 1.41. The molecule has 39 heavy (non-hydrogen) atoms. The minimum Gasteiger partial charge on any atom is -0.478 e. The van der Waals surface area contributed by atoms with Crippen LogP contribution in [0, 0.1) is 17.7 Å². The van der Waals surface area contributed by atoms with E-state index in [-0.39, 0.29) is 41.9 Å². The zero-order valence-electron chi connectivity index (χ0n) is 21.8. The first-order valence-corrected chi connectivity index (χ1v) is 14.6. The van der Waals surface area contributed by atoms with E-state index >= 15 is 0 Å². The van der Waals surface area contributed by atoms with E-state index in [9.17, 15) is 27.8 Å². The Morgan fingerprint density at radius 1 is 1.21 bits per heavy atom. The smallest absolute Gasteiger partial charge is 0.335 e. The van der Waals surface area contributed by atoms with Crippen LogP contribution in [0.4, 0.5) is 10.1 Å². The van der Waals surface area contributed by atoms with Gasteiger partial charge in [0, 0.05) is 30.8 Å². The van der Waals surface area contributed by atoms with E-state index in [2.05, 4.69) is 18.4 Å². The number of hydrogen-bond donors (Lipinski definition) is 3. The summed E-state index contributed by atoms with van der Waals surface area (Å²) in [5.41, 5.74) is 8.67. The van der Waals surface area contributed by atoms with Crippen LogP contribution in [-0.2, 0) is 15.8 Å². The van der Waals surface area contributed by atoms with Gasteiger partial charge in [0.15, 0.2) is 0 Å². The molecule has 2 aromatic carbocycles. The number of hydrogen-bond acceptors (Lipinski definition) is 6. The highest BCUT2D eigenvalue weighted by Crippen LogP contribution is 2.48. The maximum atomic E-state index is 13.6. The van der Waals surface area contributed by atoms with Crippen LogP contribution in [0.5, 0.6) is 0 Å². The van der Waals surface area contributed by atoms with Crippen molar-refractivity contribution in [2.75, 3.05) is 18.1 Å². The Bertz CT molecular complexity index is 1480. The number of nitrogens with one attached hydrogen (secondary N) is 1. The second-order valence-electron chi connectivity index (χ2n) is 10.4. The Labute approximate surface area is 227 Å². The molecule has 0 amide bonds. The number of aliphatic hydroxyl groups excluding tert-OH is 1. The molecular weight excluding hydrogens is 521 g/mol. The number of benzene rings is 2. The molecule has 2 aliphatic carbocycles. The number of allylic oxidation sites excluding steroid dienone is 3. The largest absolute Gasteiger partial charge is 0.478 e. The number of carboxylic acids is 1. The van der Waals surface area contributed by atoms with Crippen molar-refractivity contribution in [2.24, 2.45) is 11.8 Å². The van der Waals surface area contributed by atoms with E-state index in [0.717, 1.165) is 29.8 Å². The first-order valence-electron chi connectivity index (χ1n) is 13.0. The summed E-state index contributed by atoms with van der Waals surface area (Å²) < 4.78 is 42.0. The minimum absolute atomic E-state index is 0.0364. The van der Waals surface area contributed by atoms with Crippen LogP contribution >= 0.6 is 0 Å². The Kier molecular flexibility index (Phi) is 7.37. The van der Waals surface area contributed by atoms with E-state index in [0.29, 0.717) is 0 Å². The standard InChI is InChI=1S/C29H32FN3O5S/c1-18(34)15-32(39(37,38)17-22-5-3-4-6-25(22)29(35)36)16-21-8-7-20-13-27-26(19(2)28(20)21)14-31-33(27)24-11-9-23(30)10-12-24/h3-6,9-14,18-19,21,31,34H,7-8,15-17H2,1-2H3,(H,35,36)/t18-,19+,21-/m1/s1. The van der Waals surface area contributed by atoms with Crippen molar-refractivity contribution in [3.63, 3.8) is 0 Å². The van der Waals surface area contributed by atoms with Crippen molar-refractivity contribution in [1.29, 1.82) is 0 Å². The Morgan fingerprint density at radius 2 is 1.92 bits per heavy atom. The van der Waals surface area contributed by atoms with Crippen molar-refractivity contribution in [3.8, 4) is 0 Å². The fourth-order valence-electron chi connectivity index (χ4n) is 5.89. The molecule has 10 heteroatoms. The number of hydrazine groups is 1. The summed E-state index contributed by atoms with van der Waals surface area (Å²) in [5.74, 6) is -1.95. The number of halogens is 1. The molecule has 0 fully saturated rings. The number of carboxylic acid groups (broad SMARTS) is 1. The summed E-state index contributed by atoms with van der Waals surface area (Å²) in [6.45, 7) is 3.79. The summed E-state index contributed by atoms with van der Waals surface area (Å²) >= 11 is 0. The van der Waals surface area contributed by atoms with Gasteiger partial charge < -0.3 is 15.6 Å². The maximum absolute atomic E-state index is 13.6. The van der Waals surface area contributed by atoms with Gasteiger partial charge in [-0.2, -0.15) is 4.31 Å². The van der Waals surface area contributed by atoms with Gasteiger partial charge in [0.05, 0.1) is 28.8 Å². The fourth-order valence-corrected chi connectivity index (χ4v) is 7.57. The van der Waals surface area contributed by atoms with Crippen LogP contribution in [-0.4, -0.2) is 48.1 Å². The van der Waals surface area contributed by atoms with Gasteiger partial charge in [-0.3, -0.25) is 5.01 Å². The molecule has 0 aromatic heterocycles. The number of nitrogens with zero attached hydrogens (tertiary/aromatic N) is 2. The molecule has 3 aliphatic rings. The Morgan fingerprint density at radius 3 is 2.62 bits per heavy atom. The molecule has 3 atom stereocenters. The normalized spacial score (nSPS) is 21.3. The van der Waals surface area contributed by atoms with E-state index in [1.165, 1.54) is 39.7 Å². The maximum Gasteiger partial charge on any atom is 0.335 e. The Hall–Kier alpha value is -3.47. The van der Waals surface area contributed by atoms with Gasteiger partial charge in [-0.1, -0.05) is 30.7 Å².